The summed E-state index contributed by atoms with van der Waals surface area (Å²) in [6, 6.07) is -0.0857. The van der Waals surface area contributed by atoms with Crippen LogP contribution in [0.5, 0.6) is 0 Å². The van der Waals surface area contributed by atoms with E-state index in [1.807, 2.05) is 55.4 Å². The van der Waals surface area contributed by atoms with Crippen LogP contribution >= 0.6 is 0 Å². The molecule has 0 aliphatic carbocycles. The average molecular weight is 501 g/mol. The normalized spacial score (nSPS) is 25.1. The molecule has 0 aromatic rings. The number of nitrogens with zero attached hydrogens (tertiary/aromatic N) is 2. The van der Waals surface area contributed by atoms with E-state index in [1.165, 1.54) is 7.11 Å². The molecule has 0 aromatic heterocycles. The van der Waals surface area contributed by atoms with Crippen LogP contribution in [0.25, 0.3) is 0 Å². The highest BCUT2D eigenvalue weighted by molar-refractivity contribution is 5.74. The van der Waals surface area contributed by atoms with Gasteiger partial charge in [-0.25, -0.2) is 9.59 Å². The number of piperidine rings is 2. The Labute approximate surface area is 209 Å². The van der Waals surface area contributed by atoms with E-state index in [0.717, 1.165) is 0 Å². The van der Waals surface area contributed by atoms with Gasteiger partial charge < -0.3 is 29.1 Å². The molecule has 2 heterocycles. The first kappa shape index (κ1) is 30.5. The van der Waals surface area contributed by atoms with Gasteiger partial charge in [-0.15, -0.1) is 0 Å². The molecule has 4 atom stereocenters. The Hall–Kier alpha value is -2.52. The van der Waals surface area contributed by atoms with E-state index >= 15 is 0 Å². The number of amides is 2. The second-order valence-corrected chi connectivity index (χ2v) is 11.3. The van der Waals surface area contributed by atoms with E-state index < -0.39 is 17.2 Å². The third-order valence-electron chi connectivity index (χ3n) is 5.89. The van der Waals surface area contributed by atoms with E-state index in [0.29, 0.717) is 38.8 Å². The Morgan fingerprint density at radius 2 is 1.11 bits per heavy atom. The van der Waals surface area contributed by atoms with Crippen LogP contribution in [-0.2, 0) is 23.8 Å². The number of hydrogen-bond donors (Lipinski definition) is 1. The monoisotopic (exact) mass is 500 g/mol. The van der Waals surface area contributed by atoms with Gasteiger partial charge in [-0.05, 0) is 81.1 Å². The van der Waals surface area contributed by atoms with Gasteiger partial charge in [0.05, 0.1) is 18.9 Å². The second kappa shape index (κ2) is 12.4. The summed E-state index contributed by atoms with van der Waals surface area (Å²) >= 11 is 0. The predicted molar refractivity (Wildman–Crippen MR) is 130 cm³/mol. The van der Waals surface area contributed by atoms with Crippen molar-refractivity contribution in [2.45, 2.75) is 104 Å². The number of carbonyl (C=O) groups excluding carboxylic acids is 3. The standard InChI is InChI=1S/C13H23NO4.C12H21NO4/c1-9-8-10(11(15)17-5)6-7-14(9)12(16)18-13(2,3)4;1-8-7-9(10(14)15)5-6-13(8)11(16)17-12(2,3)4/h9-10H,6-8H2,1-5H3;8-9H,5-7H2,1-4H3,(H,14,15). The fourth-order valence-electron chi connectivity index (χ4n) is 4.13. The Bertz CT molecular complexity index is 756. The molecule has 0 saturated carbocycles. The molecule has 10 nitrogen and oxygen atoms in total. The van der Waals surface area contributed by atoms with Crippen LogP contribution in [0.4, 0.5) is 9.59 Å². The van der Waals surface area contributed by atoms with E-state index in [2.05, 4.69) is 0 Å². The van der Waals surface area contributed by atoms with Crippen molar-refractivity contribution in [3.05, 3.63) is 0 Å². The summed E-state index contributed by atoms with van der Waals surface area (Å²) in [7, 11) is 1.40. The molecular formula is C25H44N2O8. The van der Waals surface area contributed by atoms with Gasteiger partial charge in [0.15, 0.2) is 0 Å². The maximum atomic E-state index is 12.0. The minimum atomic E-state index is -0.777. The molecule has 35 heavy (non-hydrogen) atoms. The summed E-state index contributed by atoms with van der Waals surface area (Å²) in [6.07, 6.45) is 1.60. The molecular weight excluding hydrogens is 456 g/mol. The first-order chi connectivity index (χ1) is 15.9. The topological polar surface area (TPSA) is 123 Å². The molecule has 2 fully saturated rings. The molecule has 2 rings (SSSR count). The number of carbonyl (C=O) groups is 4. The number of rotatable bonds is 2. The average Bonchev–Trinajstić information content (AvgIpc) is 2.70. The van der Waals surface area contributed by atoms with Gasteiger partial charge in [-0.1, -0.05) is 0 Å². The van der Waals surface area contributed by atoms with Gasteiger partial charge >= 0.3 is 24.1 Å². The van der Waals surface area contributed by atoms with E-state index in [9.17, 15) is 19.2 Å². The van der Waals surface area contributed by atoms with E-state index in [4.69, 9.17) is 19.3 Å². The van der Waals surface area contributed by atoms with Crippen LogP contribution in [0.15, 0.2) is 0 Å². The van der Waals surface area contributed by atoms with Crippen LogP contribution < -0.4 is 0 Å². The van der Waals surface area contributed by atoms with Crippen molar-refractivity contribution in [2.75, 3.05) is 20.2 Å². The highest BCUT2D eigenvalue weighted by atomic mass is 16.6. The Morgan fingerprint density at radius 1 is 0.743 bits per heavy atom. The maximum Gasteiger partial charge on any atom is 0.410 e. The number of hydrogen-bond acceptors (Lipinski definition) is 7. The fraction of sp³-hybridized carbons (Fsp3) is 0.840. The second-order valence-electron chi connectivity index (χ2n) is 11.3. The SMILES string of the molecule is CC1CC(C(=O)O)CCN1C(=O)OC(C)(C)C.COC(=O)C1CCN(C(=O)OC(C)(C)C)C(C)C1. The molecule has 2 amide bonds. The van der Waals surface area contributed by atoms with Gasteiger partial charge in [0.1, 0.15) is 11.2 Å². The van der Waals surface area contributed by atoms with Crippen molar-refractivity contribution < 1.29 is 38.5 Å². The highest BCUT2D eigenvalue weighted by Crippen LogP contribution is 2.26. The number of aliphatic carboxylic acids is 1. The molecule has 2 aliphatic rings. The minimum absolute atomic E-state index is 0.00213. The molecule has 202 valence electrons. The lowest BCUT2D eigenvalue weighted by Gasteiger charge is -2.37. The summed E-state index contributed by atoms with van der Waals surface area (Å²) < 4.78 is 15.4. The smallest absolute Gasteiger partial charge is 0.410 e. The van der Waals surface area contributed by atoms with Crippen LogP contribution in [0, 0.1) is 11.8 Å². The van der Waals surface area contributed by atoms with E-state index in [-0.39, 0.29) is 42.1 Å². The highest BCUT2D eigenvalue weighted by Gasteiger charge is 2.35. The first-order valence-electron chi connectivity index (χ1n) is 12.2. The number of likely N-dealkylation sites (tertiary alicyclic amines) is 2. The number of carboxylic acids is 1. The number of methoxy groups -OCH3 is 1. The number of carboxylic acid groups (broad SMARTS) is 1. The van der Waals surface area contributed by atoms with Crippen LogP contribution in [0.3, 0.4) is 0 Å². The van der Waals surface area contributed by atoms with Crippen LogP contribution in [0.1, 0.15) is 81.1 Å². The van der Waals surface area contributed by atoms with Crippen molar-refractivity contribution in [1.82, 2.24) is 9.80 Å². The van der Waals surface area contributed by atoms with Gasteiger partial charge in [-0.2, -0.15) is 0 Å². The van der Waals surface area contributed by atoms with Crippen LogP contribution in [-0.4, -0.2) is 82.5 Å². The Balaban J connectivity index is 0.000000351. The van der Waals surface area contributed by atoms with Crippen LogP contribution in [0.2, 0.25) is 0 Å². The summed E-state index contributed by atoms with van der Waals surface area (Å²) in [5.41, 5.74) is -1.00. The fourth-order valence-corrected chi connectivity index (χ4v) is 4.13. The lowest BCUT2D eigenvalue weighted by atomic mass is 9.92. The molecule has 0 aromatic carbocycles. The number of ether oxygens (including phenoxy) is 3. The molecule has 2 aliphatic heterocycles. The van der Waals surface area contributed by atoms with Gasteiger partial charge in [-0.3, -0.25) is 9.59 Å². The van der Waals surface area contributed by atoms with Gasteiger partial charge in [0.25, 0.3) is 0 Å². The van der Waals surface area contributed by atoms with E-state index in [1.54, 1.807) is 9.80 Å². The Kier molecular flexibility index (Phi) is 10.8. The van der Waals surface area contributed by atoms with Crippen molar-refractivity contribution in [2.24, 2.45) is 11.8 Å². The third kappa shape index (κ3) is 10.3. The van der Waals surface area contributed by atoms with Crippen molar-refractivity contribution in [3.8, 4) is 0 Å². The molecule has 1 N–H and O–H groups in total. The zero-order valence-corrected chi connectivity index (χ0v) is 22.8. The molecule has 0 radical (unpaired) electrons. The quantitative estimate of drug-likeness (QED) is 0.440. The molecule has 10 heteroatoms. The largest absolute Gasteiger partial charge is 0.481 e. The lowest BCUT2D eigenvalue weighted by molar-refractivity contribution is -0.147. The van der Waals surface area contributed by atoms with Crippen molar-refractivity contribution in [1.29, 1.82) is 0 Å². The minimum Gasteiger partial charge on any atom is -0.481 e. The summed E-state index contributed by atoms with van der Waals surface area (Å²) in [4.78, 5) is 49.4. The number of esters is 1. The zero-order valence-electron chi connectivity index (χ0n) is 22.8. The summed E-state index contributed by atoms with van der Waals surface area (Å²) in [6.45, 7) is 15.8. The van der Waals surface area contributed by atoms with Crippen molar-refractivity contribution >= 4 is 24.1 Å². The zero-order chi connectivity index (χ0) is 27.1. The van der Waals surface area contributed by atoms with Gasteiger partial charge in [0, 0.05) is 25.2 Å². The molecule has 0 spiro atoms. The molecule has 2 saturated heterocycles. The maximum absolute atomic E-state index is 12.0. The third-order valence-corrected chi connectivity index (χ3v) is 5.89. The molecule has 4 unspecified atom stereocenters. The summed E-state index contributed by atoms with van der Waals surface area (Å²) in [5, 5.41) is 8.93. The predicted octanol–water partition coefficient (Wildman–Crippen LogP) is 4.30. The lowest BCUT2D eigenvalue weighted by Crippen LogP contribution is -2.48. The Morgan fingerprint density at radius 3 is 1.43 bits per heavy atom. The first-order valence-corrected chi connectivity index (χ1v) is 12.2. The summed E-state index contributed by atoms with van der Waals surface area (Å²) in [5.74, 6) is -1.42. The van der Waals surface area contributed by atoms with Gasteiger partial charge in [0.2, 0.25) is 0 Å². The molecule has 0 bridgehead atoms. The van der Waals surface area contributed by atoms with Crippen molar-refractivity contribution in [3.63, 3.8) is 0 Å².